The van der Waals surface area contributed by atoms with Gasteiger partial charge in [0.2, 0.25) is 6.54 Å². The summed E-state index contributed by atoms with van der Waals surface area (Å²) in [4.78, 5) is 3.09. The van der Waals surface area contributed by atoms with Gasteiger partial charge in [-0.05, 0) is 12.1 Å². The molecule has 0 aliphatic carbocycles. The lowest BCUT2D eigenvalue weighted by Gasteiger charge is -2.06. The zero-order valence-electron chi connectivity index (χ0n) is 7.35. The molecule has 0 bridgehead atoms. The molecule has 0 heterocycles. The van der Waals surface area contributed by atoms with Crippen molar-refractivity contribution in [1.29, 1.82) is 0 Å². The molecule has 1 rings (SSSR count). The first-order valence-electron chi connectivity index (χ1n) is 4.01. The zero-order valence-corrected chi connectivity index (χ0v) is 7.35. The number of nitrogens with zero attached hydrogens (tertiary/aromatic N) is 1. The van der Waals surface area contributed by atoms with Crippen LogP contribution in [0, 0.1) is 18.2 Å². The molecule has 0 radical (unpaired) electrons. The Morgan fingerprint density at radius 2 is 2.14 bits per heavy atom. The SMILES string of the molecule is [C-]#[N+]CCNNc1cc(F)ccc1F. The minimum absolute atomic E-state index is 0.0370. The average molecular weight is 197 g/mol. The van der Waals surface area contributed by atoms with Crippen LogP contribution < -0.4 is 10.9 Å². The van der Waals surface area contributed by atoms with E-state index in [2.05, 4.69) is 15.7 Å². The van der Waals surface area contributed by atoms with Gasteiger partial charge >= 0.3 is 0 Å². The first-order valence-corrected chi connectivity index (χ1v) is 4.01. The predicted molar refractivity (Wildman–Crippen MR) is 49.5 cm³/mol. The number of nitrogens with one attached hydrogen (secondary N) is 2. The van der Waals surface area contributed by atoms with Crippen LogP contribution >= 0.6 is 0 Å². The quantitative estimate of drug-likeness (QED) is 0.437. The molecule has 0 spiro atoms. The maximum absolute atomic E-state index is 12.9. The summed E-state index contributed by atoms with van der Waals surface area (Å²) in [5.74, 6) is -1.05. The maximum atomic E-state index is 12.9. The lowest BCUT2D eigenvalue weighted by atomic mass is 10.3. The van der Waals surface area contributed by atoms with Crippen molar-refractivity contribution in [3.05, 3.63) is 41.3 Å². The Morgan fingerprint density at radius 3 is 2.86 bits per heavy atom. The van der Waals surface area contributed by atoms with Gasteiger partial charge in [0.15, 0.2) is 0 Å². The monoisotopic (exact) mass is 197 g/mol. The van der Waals surface area contributed by atoms with E-state index in [0.29, 0.717) is 6.54 Å². The zero-order chi connectivity index (χ0) is 10.4. The smallest absolute Gasteiger partial charge is 0.228 e. The van der Waals surface area contributed by atoms with E-state index in [9.17, 15) is 8.78 Å². The number of halogens is 2. The van der Waals surface area contributed by atoms with E-state index in [1.807, 2.05) is 0 Å². The normalized spacial score (nSPS) is 9.50. The molecule has 74 valence electrons. The Bertz CT molecular complexity index is 346. The summed E-state index contributed by atoms with van der Waals surface area (Å²) in [5.41, 5.74) is 5.12. The van der Waals surface area contributed by atoms with Gasteiger partial charge in [-0.15, -0.1) is 0 Å². The first kappa shape index (κ1) is 10.4. The standard InChI is InChI=1S/C9H9F2N3/c1-12-4-5-13-14-9-6-7(10)2-3-8(9)11/h2-3,6,13-14H,4-5H2. The Labute approximate surface area is 80.5 Å². The minimum Gasteiger partial charge on any atom is -0.318 e. The topological polar surface area (TPSA) is 28.4 Å². The molecule has 0 saturated carbocycles. The Balaban J connectivity index is 2.50. The molecule has 0 atom stereocenters. The number of anilines is 1. The van der Waals surface area contributed by atoms with Crippen LogP contribution in [0.2, 0.25) is 0 Å². The molecule has 0 unspecified atom stereocenters. The molecule has 1 aromatic rings. The van der Waals surface area contributed by atoms with Gasteiger partial charge in [-0.2, -0.15) is 0 Å². The molecule has 0 fully saturated rings. The predicted octanol–water partition coefficient (Wildman–Crippen LogP) is 1.80. The maximum Gasteiger partial charge on any atom is 0.228 e. The third kappa shape index (κ3) is 2.99. The Morgan fingerprint density at radius 1 is 1.36 bits per heavy atom. The van der Waals surface area contributed by atoms with Crippen molar-refractivity contribution in [3.63, 3.8) is 0 Å². The molecule has 0 aromatic heterocycles. The van der Waals surface area contributed by atoms with Gasteiger partial charge in [0.1, 0.15) is 11.6 Å². The van der Waals surface area contributed by atoms with Gasteiger partial charge in [0.05, 0.1) is 12.2 Å². The van der Waals surface area contributed by atoms with Gasteiger partial charge in [-0.25, -0.2) is 20.8 Å². The molecular formula is C9H9F2N3. The van der Waals surface area contributed by atoms with Crippen molar-refractivity contribution >= 4 is 5.69 Å². The van der Waals surface area contributed by atoms with E-state index in [1.165, 1.54) is 0 Å². The summed E-state index contributed by atoms with van der Waals surface area (Å²) < 4.78 is 25.6. The van der Waals surface area contributed by atoms with Crippen LogP contribution in [-0.2, 0) is 0 Å². The highest BCUT2D eigenvalue weighted by Crippen LogP contribution is 2.13. The molecule has 0 amide bonds. The Kier molecular flexibility index (Phi) is 3.83. The number of hydrazine groups is 1. The van der Waals surface area contributed by atoms with Gasteiger partial charge in [0.25, 0.3) is 0 Å². The van der Waals surface area contributed by atoms with E-state index in [0.717, 1.165) is 18.2 Å². The van der Waals surface area contributed by atoms with Crippen LogP contribution in [0.3, 0.4) is 0 Å². The molecule has 2 N–H and O–H groups in total. The first-order chi connectivity index (χ1) is 6.74. The third-order valence-corrected chi connectivity index (χ3v) is 1.50. The van der Waals surface area contributed by atoms with Crippen LogP contribution in [0.5, 0.6) is 0 Å². The lowest BCUT2D eigenvalue weighted by molar-refractivity contribution is 0.599. The summed E-state index contributed by atoms with van der Waals surface area (Å²) in [5, 5.41) is 0. The van der Waals surface area contributed by atoms with Crippen LogP contribution in [0.1, 0.15) is 0 Å². The lowest BCUT2D eigenvalue weighted by Crippen LogP contribution is -2.24. The van der Waals surface area contributed by atoms with E-state index >= 15 is 0 Å². The minimum atomic E-state index is -0.540. The van der Waals surface area contributed by atoms with Crippen LogP contribution in [0.25, 0.3) is 4.85 Å². The van der Waals surface area contributed by atoms with Gasteiger partial charge in [-0.3, -0.25) is 0 Å². The average Bonchev–Trinajstić information content (AvgIpc) is 2.18. The molecule has 0 aliphatic rings. The fourth-order valence-electron chi connectivity index (χ4n) is 0.863. The molecule has 0 aliphatic heterocycles. The highest BCUT2D eigenvalue weighted by Gasteiger charge is 2.02. The van der Waals surface area contributed by atoms with E-state index in [1.54, 1.807) is 0 Å². The largest absolute Gasteiger partial charge is 0.318 e. The molecule has 1 aromatic carbocycles. The molecule has 3 nitrogen and oxygen atoms in total. The highest BCUT2D eigenvalue weighted by molar-refractivity contribution is 5.43. The van der Waals surface area contributed by atoms with Gasteiger partial charge in [-0.1, -0.05) is 0 Å². The van der Waals surface area contributed by atoms with Crippen LogP contribution in [-0.4, -0.2) is 13.1 Å². The van der Waals surface area contributed by atoms with Gasteiger partial charge < -0.3 is 10.3 Å². The molecule has 14 heavy (non-hydrogen) atoms. The van der Waals surface area contributed by atoms with Gasteiger partial charge in [0, 0.05) is 6.07 Å². The van der Waals surface area contributed by atoms with Crippen molar-refractivity contribution < 1.29 is 8.78 Å². The second-order valence-corrected chi connectivity index (χ2v) is 2.56. The van der Waals surface area contributed by atoms with E-state index < -0.39 is 11.6 Å². The van der Waals surface area contributed by atoms with Crippen molar-refractivity contribution in [3.8, 4) is 0 Å². The second-order valence-electron chi connectivity index (χ2n) is 2.56. The molecule has 0 saturated heterocycles. The summed E-state index contributed by atoms with van der Waals surface area (Å²) in [6, 6.07) is 3.12. The summed E-state index contributed by atoms with van der Waals surface area (Å²) in [6.45, 7) is 7.14. The summed E-state index contributed by atoms with van der Waals surface area (Å²) in [6.07, 6.45) is 0. The van der Waals surface area contributed by atoms with Crippen molar-refractivity contribution in [2.75, 3.05) is 18.5 Å². The molecular weight excluding hydrogens is 188 g/mol. The summed E-state index contributed by atoms with van der Waals surface area (Å²) >= 11 is 0. The fraction of sp³-hybridized carbons (Fsp3) is 0.222. The number of benzene rings is 1. The van der Waals surface area contributed by atoms with Crippen LogP contribution in [0.15, 0.2) is 18.2 Å². The Hall–Kier alpha value is -1.67. The molecule has 5 heteroatoms. The second kappa shape index (κ2) is 5.14. The number of hydrogen-bond acceptors (Lipinski definition) is 2. The third-order valence-electron chi connectivity index (χ3n) is 1.50. The highest BCUT2D eigenvalue weighted by atomic mass is 19.1. The number of rotatable bonds is 4. The van der Waals surface area contributed by atoms with E-state index in [-0.39, 0.29) is 12.2 Å². The fourth-order valence-corrected chi connectivity index (χ4v) is 0.863. The van der Waals surface area contributed by atoms with Crippen molar-refractivity contribution in [2.24, 2.45) is 0 Å². The van der Waals surface area contributed by atoms with Crippen molar-refractivity contribution in [1.82, 2.24) is 5.43 Å². The van der Waals surface area contributed by atoms with Crippen molar-refractivity contribution in [2.45, 2.75) is 0 Å². The van der Waals surface area contributed by atoms with Crippen LogP contribution in [0.4, 0.5) is 14.5 Å². The number of hydrogen-bond donors (Lipinski definition) is 2. The van der Waals surface area contributed by atoms with E-state index in [4.69, 9.17) is 6.57 Å². The summed E-state index contributed by atoms with van der Waals surface area (Å²) in [7, 11) is 0.